The number of halogens is 1. The van der Waals surface area contributed by atoms with Crippen LogP contribution in [0.3, 0.4) is 0 Å². The minimum Gasteiger partial charge on any atom is -0.368 e. The van der Waals surface area contributed by atoms with Crippen LogP contribution in [0.1, 0.15) is 30.1 Å². The molecule has 1 fully saturated rings. The zero-order valence-corrected chi connectivity index (χ0v) is 18.5. The topological polar surface area (TPSA) is 136 Å². The van der Waals surface area contributed by atoms with E-state index in [1.807, 2.05) is 0 Å². The molecule has 3 atom stereocenters. The van der Waals surface area contributed by atoms with E-state index in [9.17, 15) is 23.6 Å². The minimum absolute atomic E-state index is 0.106. The molecular weight excluding hydrogens is 445 g/mol. The van der Waals surface area contributed by atoms with Gasteiger partial charge in [-0.15, -0.1) is 0 Å². The molecule has 3 amide bonds. The summed E-state index contributed by atoms with van der Waals surface area (Å²) in [5, 5.41) is 23.3. The number of carbonyl (C=O) groups is 4. The van der Waals surface area contributed by atoms with Gasteiger partial charge in [-0.25, -0.2) is 4.39 Å². The van der Waals surface area contributed by atoms with E-state index in [-0.39, 0.29) is 31.1 Å². The molecule has 0 radical (unpaired) electrons. The van der Waals surface area contributed by atoms with Gasteiger partial charge in [0.05, 0.1) is 6.04 Å². The molecule has 9 nitrogen and oxygen atoms in total. The smallest absolute Gasteiger partial charge is 0.251 e. The van der Waals surface area contributed by atoms with Gasteiger partial charge in [-0.05, 0) is 41.8 Å². The fourth-order valence-electron chi connectivity index (χ4n) is 3.94. The maximum Gasteiger partial charge on any atom is 0.251 e. The van der Waals surface area contributed by atoms with E-state index in [1.165, 1.54) is 24.0 Å². The van der Waals surface area contributed by atoms with Crippen molar-refractivity contribution in [3.8, 4) is 11.1 Å². The summed E-state index contributed by atoms with van der Waals surface area (Å²) >= 11 is 0. The SMILES string of the molecule is CC(=O)N1C[C@@H](NC(=O)c2ccc(-c3cccc(F)c3)cc2)C[C@H]1C(=O)N[C@H](C=O)CC(O)O. The van der Waals surface area contributed by atoms with Crippen LogP contribution in [0.4, 0.5) is 4.39 Å². The van der Waals surface area contributed by atoms with Crippen molar-refractivity contribution in [2.75, 3.05) is 6.54 Å². The van der Waals surface area contributed by atoms with Crippen molar-refractivity contribution in [2.45, 2.75) is 44.2 Å². The maximum absolute atomic E-state index is 13.5. The highest BCUT2D eigenvalue weighted by Crippen LogP contribution is 2.22. The molecule has 10 heteroatoms. The van der Waals surface area contributed by atoms with Crippen LogP contribution < -0.4 is 10.6 Å². The van der Waals surface area contributed by atoms with Crippen molar-refractivity contribution >= 4 is 24.0 Å². The Morgan fingerprint density at radius 1 is 1.15 bits per heavy atom. The highest BCUT2D eigenvalue weighted by molar-refractivity contribution is 5.95. The lowest BCUT2D eigenvalue weighted by molar-refractivity contribution is -0.138. The lowest BCUT2D eigenvalue weighted by Gasteiger charge is -2.24. The van der Waals surface area contributed by atoms with E-state index in [2.05, 4.69) is 10.6 Å². The second-order valence-corrected chi connectivity index (χ2v) is 8.15. The van der Waals surface area contributed by atoms with Crippen LogP contribution >= 0.6 is 0 Å². The molecule has 0 aromatic heterocycles. The summed E-state index contributed by atoms with van der Waals surface area (Å²) in [7, 11) is 0. The molecule has 1 saturated heterocycles. The predicted octanol–water partition coefficient (Wildman–Crippen LogP) is 0.596. The third-order valence-corrected chi connectivity index (χ3v) is 5.61. The van der Waals surface area contributed by atoms with Crippen molar-refractivity contribution in [3.05, 3.63) is 59.9 Å². The summed E-state index contributed by atoms with van der Waals surface area (Å²) in [4.78, 5) is 49.8. The lowest BCUT2D eigenvalue weighted by atomic mass is 10.0. The summed E-state index contributed by atoms with van der Waals surface area (Å²) in [6.45, 7) is 1.40. The van der Waals surface area contributed by atoms with Crippen molar-refractivity contribution in [3.63, 3.8) is 0 Å². The van der Waals surface area contributed by atoms with E-state index < -0.39 is 36.2 Å². The number of likely N-dealkylation sites (tertiary alicyclic amines) is 1. The molecule has 1 heterocycles. The number of amides is 3. The Balaban J connectivity index is 1.65. The Labute approximate surface area is 195 Å². The first kappa shape index (κ1) is 25.0. The van der Waals surface area contributed by atoms with Gasteiger partial charge in [-0.3, -0.25) is 14.4 Å². The van der Waals surface area contributed by atoms with Gasteiger partial charge in [0.2, 0.25) is 11.8 Å². The Morgan fingerprint density at radius 2 is 1.85 bits per heavy atom. The van der Waals surface area contributed by atoms with Crippen LogP contribution in [0.5, 0.6) is 0 Å². The zero-order chi connectivity index (χ0) is 24.8. The summed E-state index contributed by atoms with van der Waals surface area (Å²) in [5.41, 5.74) is 1.78. The molecule has 4 N–H and O–H groups in total. The first-order valence-corrected chi connectivity index (χ1v) is 10.7. The normalized spacial score (nSPS) is 18.4. The van der Waals surface area contributed by atoms with Crippen molar-refractivity contribution < 1.29 is 33.8 Å². The van der Waals surface area contributed by atoms with E-state index in [4.69, 9.17) is 10.2 Å². The van der Waals surface area contributed by atoms with Crippen LogP contribution in [0.25, 0.3) is 11.1 Å². The van der Waals surface area contributed by atoms with Crippen molar-refractivity contribution in [1.29, 1.82) is 0 Å². The quantitative estimate of drug-likeness (QED) is 0.329. The van der Waals surface area contributed by atoms with Crippen molar-refractivity contribution in [2.24, 2.45) is 0 Å². The van der Waals surface area contributed by atoms with E-state index >= 15 is 0 Å². The largest absolute Gasteiger partial charge is 0.368 e. The zero-order valence-electron chi connectivity index (χ0n) is 18.5. The average Bonchev–Trinajstić information content (AvgIpc) is 3.22. The first-order chi connectivity index (χ1) is 16.2. The monoisotopic (exact) mass is 471 g/mol. The van der Waals surface area contributed by atoms with Crippen LogP contribution in [-0.2, 0) is 14.4 Å². The van der Waals surface area contributed by atoms with Crippen molar-refractivity contribution in [1.82, 2.24) is 15.5 Å². The van der Waals surface area contributed by atoms with Gasteiger partial charge < -0.3 is 30.5 Å². The maximum atomic E-state index is 13.5. The number of hydrogen-bond acceptors (Lipinski definition) is 6. The molecular formula is C24H26FN3O6. The number of nitrogens with one attached hydrogen (secondary N) is 2. The third-order valence-electron chi connectivity index (χ3n) is 5.61. The number of carbonyl (C=O) groups excluding carboxylic acids is 4. The number of rotatable bonds is 8. The molecule has 1 aliphatic heterocycles. The number of aliphatic hydroxyl groups excluding tert-OH is 1. The molecule has 3 rings (SSSR count). The lowest BCUT2D eigenvalue weighted by Crippen LogP contribution is -2.49. The van der Waals surface area contributed by atoms with Crippen LogP contribution in [-0.4, -0.2) is 70.1 Å². The second-order valence-electron chi connectivity index (χ2n) is 8.15. The molecule has 0 saturated carbocycles. The number of nitrogens with zero attached hydrogens (tertiary/aromatic N) is 1. The molecule has 34 heavy (non-hydrogen) atoms. The Bertz CT molecular complexity index is 1060. The summed E-state index contributed by atoms with van der Waals surface area (Å²) in [5.74, 6) is -1.75. The van der Waals surface area contributed by atoms with E-state index in [0.717, 1.165) is 5.56 Å². The van der Waals surface area contributed by atoms with Gasteiger partial charge in [0, 0.05) is 31.5 Å². The van der Waals surface area contributed by atoms with E-state index in [1.54, 1.807) is 36.4 Å². The molecule has 1 aliphatic rings. The molecule has 2 aromatic rings. The van der Waals surface area contributed by atoms with Crippen LogP contribution in [0.2, 0.25) is 0 Å². The number of aldehydes is 1. The average molecular weight is 471 g/mol. The Hall–Kier alpha value is -3.63. The summed E-state index contributed by atoms with van der Waals surface area (Å²) < 4.78 is 13.5. The highest BCUT2D eigenvalue weighted by atomic mass is 19.1. The van der Waals surface area contributed by atoms with Gasteiger partial charge in [0.1, 0.15) is 18.1 Å². The molecule has 0 spiro atoms. The van der Waals surface area contributed by atoms with Gasteiger partial charge in [0.15, 0.2) is 6.29 Å². The number of aliphatic hydroxyl groups is 2. The third kappa shape index (κ3) is 6.24. The number of hydrogen-bond donors (Lipinski definition) is 4. The van der Waals surface area contributed by atoms with Gasteiger partial charge in [-0.1, -0.05) is 24.3 Å². The minimum atomic E-state index is -1.78. The predicted molar refractivity (Wildman–Crippen MR) is 120 cm³/mol. The second kappa shape index (κ2) is 11.0. The molecule has 0 aliphatic carbocycles. The fourth-order valence-corrected chi connectivity index (χ4v) is 3.94. The molecule has 0 bridgehead atoms. The number of benzene rings is 2. The van der Waals surface area contributed by atoms with Gasteiger partial charge >= 0.3 is 0 Å². The van der Waals surface area contributed by atoms with Crippen LogP contribution in [0, 0.1) is 5.82 Å². The van der Waals surface area contributed by atoms with E-state index in [0.29, 0.717) is 17.4 Å². The standard InChI is InChI=1S/C24H26FN3O6/c1-14(30)28-12-19(10-21(28)24(34)27-20(13-29)11-22(31)32)26-23(33)16-7-5-15(6-8-16)17-3-2-4-18(25)9-17/h2-9,13,19-22,31-32H,10-12H2,1H3,(H,26,33)(H,27,34)/t19-,20-,21-/m0/s1. The molecule has 180 valence electrons. The highest BCUT2D eigenvalue weighted by Gasteiger charge is 2.39. The molecule has 0 unspecified atom stereocenters. The first-order valence-electron chi connectivity index (χ1n) is 10.7. The van der Waals surface area contributed by atoms with Gasteiger partial charge in [0.25, 0.3) is 5.91 Å². The fraction of sp³-hybridized carbons (Fsp3) is 0.333. The Kier molecular flexibility index (Phi) is 8.08. The Morgan fingerprint density at radius 3 is 2.44 bits per heavy atom. The summed E-state index contributed by atoms with van der Waals surface area (Å²) in [6.07, 6.45) is -1.64. The summed E-state index contributed by atoms with van der Waals surface area (Å²) in [6, 6.07) is 10.2. The molecule has 2 aromatic carbocycles. The van der Waals surface area contributed by atoms with Gasteiger partial charge in [-0.2, -0.15) is 0 Å². The van der Waals surface area contributed by atoms with Crippen LogP contribution in [0.15, 0.2) is 48.5 Å².